The van der Waals surface area contributed by atoms with Crippen molar-refractivity contribution in [3.05, 3.63) is 17.2 Å². The lowest BCUT2D eigenvalue weighted by Crippen LogP contribution is -2.47. The van der Waals surface area contributed by atoms with Crippen LogP contribution in [0.5, 0.6) is 17.2 Å². The number of rotatable bonds is 1. The van der Waals surface area contributed by atoms with Gasteiger partial charge in [0.15, 0.2) is 17.5 Å². The second-order valence-corrected chi connectivity index (χ2v) is 5.85. The molecule has 0 bridgehead atoms. The van der Waals surface area contributed by atoms with Gasteiger partial charge < -0.3 is 23.8 Å². The van der Waals surface area contributed by atoms with Gasteiger partial charge in [0, 0.05) is 6.42 Å². The second kappa shape index (κ2) is 5.14. The van der Waals surface area contributed by atoms with Crippen LogP contribution in [0.4, 0.5) is 0 Å². The summed E-state index contributed by atoms with van der Waals surface area (Å²) in [6.07, 6.45) is 0.937. The van der Waals surface area contributed by atoms with Crippen LogP contribution in [-0.2, 0) is 6.42 Å². The molecule has 1 aromatic carbocycles. The average Bonchev–Trinajstić information content (AvgIpc) is 2.92. The third-order valence-corrected chi connectivity index (χ3v) is 4.20. The molecule has 1 unspecified atom stereocenters. The van der Waals surface area contributed by atoms with Gasteiger partial charge in [-0.3, -0.25) is 0 Å². The lowest BCUT2D eigenvalue weighted by Gasteiger charge is -2.40. The molecule has 1 aromatic rings. The van der Waals surface area contributed by atoms with E-state index in [-0.39, 0.29) is 19.4 Å². The van der Waals surface area contributed by atoms with Crippen molar-refractivity contribution in [2.75, 3.05) is 41.1 Å². The molecular formula is C16H20NO4+. The number of aliphatic hydroxyl groups excluding tert-OH is 1. The number of nitrogens with zero attached hydrogens (tertiary/aromatic N) is 1. The van der Waals surface area contributed by atoms with Gasteiger partial charge in [-0.15, -0.1) is 0 Å². The van der Waals surface area contributed by atoms with Gasteiger partial charge in [0.2, 0.25) is 12.5 Å². The fourth-order valence-corrected chi connectivity index (χ4v) is 3.06. The molecule has 0 amide bonds. The fourth-order valence-electron chi connectivity index (χ4n) is 3.06. The van der Waals surface area contributed by atoms with Crippen LogP contribution in [0.25, 0.3) is 0 Å². The Morgan fingerprint density at radius 3 is 2.95 bits per heavy atom. The molecule has 2 heterocycles. The van der Waals surface area contributed by atoms with Crippen LogP contribution in [0.1, 0.15) is 17.2 Å². The Kier molecular flexibility index (Phi) is 3.44. The molecule has 0 saturated carbocycles. The monoisotopic (exact) mass is 290 g/mol. The third-order valence-electron chi connectivity index (χ3n) is 4.20. The molecule has 0 fully saturated rings. The minimum atomic E-state index is -0.140. The molecule has 3 rings (SSSR count). The van der Waals surface area contributed by atoms with E-state index in [1.807, 2.05) is 6.07 Å². The Hall–Kier alpha value is -1.90. The van der Waals surface area contributed by atoms with E-state index in [1.165, 1.54) is 5.56 Å². The average molecular weight is 290 g/mol. The summed E-state index contributed by atoms with van der Waals surface area (Å²) in [7, 11) is 5.93. The SMILES string of the molecule is COc1c2c(cc3c1C(C#CCO)[N+](C)(C)CC3)OCO2. The maximum Gasteiger partial charge on any atom is 0.231 e. The van der Waals surface area contributed by atoms with E-state index in [0.717, 1.165) is 28.8 Å². The van der Waals surface area contributed by atoms with Crippen LogP contribution in [0.15, 0.2) is 6.07 Å². The molecular weight excluding hydrogens is 270 g/mol. The van der Waals surface area contributed by atoms with E-state index in [0.29, 0.717) is 11.5 Å². The van der Waals surface area contributed by atoms with Crippen LogP contribution >= 0.6 is 0 Å². The van der Waals surface area contributed by atoms with Gasteiger partial charge >= 0.3 is 0 Å². The van der Waals surface area contributed by atoms with E-state index in [4.69, 9.17) is 19.3 Å². The molecule has 1 atom stereocenters. The molecule has 5 nitrogen and oxygen atoms in total. The lowest BCUT2D eigenvalue weighted by atomic mass is 9.89. The topological polar surface area (TPSA) is 47.9 Å². The quantitative estimate of drug-likeness (QED) is 0.621. The van der Waals surface area contributed by atoms with Gasteiger partial charge in [-0.05, 0) is 17.6 Å². The molecule has 21 heavy (non-hydrogen) atoms. The highest BCUT2D eigenvalue weighted by molar-refractivity contribution is 5.62. The highest BCUT2D eigenvalue weighted by Gasteiger charge is 2.40. The zero-order chi connectivity index (χ0) is 15.0. The summed E-state index contributed by atoms with van der Waals surface area (Å²) < 4.78 is 17.4. The summed E-state index contributed by atoms with van der Waals surface area (Å²) in [4.78, 5) is 0. The van der Waals surface area contributed by atoms with Crippen molar-refractivity contribution in [1.82, 2.24) is 0 Å². The van der Waals surface area contributed by atoms with Gasteiger partial charge in [0.25, 0.3) is 0 Å². The van der Waals surface area contributed by atoms with Crippen LogP contribution < -0.4 is 14.2 Å². The highest BCUT2D eigenvalue weighted by Crippen LogP contribution is 2.50. The Balaban J connectivity index is 2.21. The second-order valence-electron chi connectivity index (χ2n) is 5.85. The molecule has 0 saturated heterocycles. The van der Waals surface area contributed by atoms with E-state index in [2.05, 4.69) is 25.9 Å². The van der Waals surface area contributed by atoms with E-state index < -0.39 is 0 Å². The van der Waals surface area contributed by atoms with E-state index in [1.54, 1.807) is 7.11 Å². The smallest absolute Gasteiger partial charge is 0.231 e. The Morgan fingerprint density at radius 1 is 1.43 bits per heavy atom. The maximum absolute atomic E-state index is 9.04. The van der Waals surface area contributed by atoms with Crippen LogP contribution in [-0.4, -0.2) is 50.7 Å². The first kappa shape index (κ1) is 14.1. The van der Waals surface area contributed by atoms with Crippen molar-refractivity contribution >= 4 is 0 Å². The van der Waals surface area contributed by atoms with Gasteiger partial charge in [0.05, 0.1) is 33.3 Å². The number of likely N-dealkylation sites (N-methyl/N-ethyl adjacent to an activating group) is 1. The number of hydrogen-bond acceptors (Lipinski definition) is 4. The van der Waals surface area contributed by atoms with Crippen molar-refractivity contribution < 1.29 is 23.8 Å². The molecule has 1 N–H and O–H groups in total. The first-order chi connectivity index (χ1) is 10.1. The van der Waals surface area contributed by atoms with Crippen LogP contribution in [0.2, 0.25) is 0 Å². The first-order valence-corrected chi connectivity index (χ1v) is 6.99. The standard InChI is InChI=1S/C16H20NO4/c1-17(2)7-6-11-9-13-15(21-10-20-13)16(19-3)14(11)12(17)5-4-8-18/h9,12,18H,6-8,10H2,1-3H3/q+1. The molecule has 5 heteroatoms. The fraction of sp³-hybridized carbons (Fsp3) is 0.500. The summed E-state index contributed by atoms with van der Waals surface area (Å²) in [6, 6.07) is 1.98. The van der Waals surface area contributed by atoms with Crippen molar-refractivity contribution in [2.24, 2.45) is 0 Å². The summed E-state index contributed by atoms with van der Waals surface area (Å²) in [5.41, 5.74) is 2.24. The molecule has 0 radical (unpaired) electrons. The summed E-state index contributed by atoms with van der Waals surface area (Å²) >= 11 is 0. The minimum absolute atomic E-state index is 0.0506. The molecule has 0 aliphatic carbocycles. The third kappa shape index (κ3) is 2.21. The van der Waals surface area contributed by atoms with Crippen molar-refractivity contribution in [2.45, 2.75) is 12.5 Å². The Labute approximate surface area is 124 Å². The van der Waals surface area contributed by atoms with E-state index in [9.17, 15) is 0 Å². The summed E-state index contributed by atoms with van der Waals surface area (Å²) in [5, 5.41) is 9.04. The first-order valence-electron chi connectivity index (χ1n) is 6.99. The largest absolute Gasteiger partial charge is 0.492 e. The number of quaternary nitrogens is 1. The van der Waals surface area contributed by atoms with Gasteiger partial charge in [-0.1, -0.05) is 5.92 Å². The molecule has 2 aliphatic heterocycles. The molecule has 0 aromatic heterocycles. The van der Waals surface area contributed by atoms with Crippen molar-refractivity contribution in [3.63, 3.8) is 0 Å². The normalized spacial score (nSPS) is 21.2. The minimum Gasteiger partial charge on any atom is -0.492 e. The predicted octanol–water partition coefficient (Wildman–Crippen LogP) is 1.09. The van der Waals surface area contributed by atoms with Gasteiger partial charge in [-0.2, -0.15) is 0 Å². The molecule has 2 aliphatic rings. The number of ether oxygens (including phenoxy) is 3. The van der Waals surface area contributed by atoms with Crippen LogP contribution in [0.3, 0.4) is 0 Å². The number of fused-ring (bicyclic) bond motifs is 2. The van der Waals surface area contributed by atoms with Gasteiger partial charge in [-0.25, -0.2) is 0 Å². The number of benzene rings is 1. The predicted molar refractivity (Wildman–Crippen MR) is 77.4 cm³/mol. The van der Waals surface area contributed by atoms with Crippen molar-refractivity contribution in [1.29, 1.82) is 0 Å². The Bertz CT molecular complexity index is 627. The summed E-state index contributed by atoms with van der Waals surface area (Å²) in [6.45, 7) is 1.05. The zero-order valence-corrected chi connectivity index (χ0v) is 12.6. The summed E-state index contributed by atoms with van der Waals surface area (Å²) in [5.74, 6) is 8.09. The maximum atomic E-state index is 9.04. The van der Waals surface area contributed by atoms with Crippen LogP contribution in [0, 0.1) is 11.8 Å². The van der Waals surface area contributed by atoms with Gasteiger partial charge in [0.1, 0.15) is 6.61 Å². The Morgan fingerprint density at radius 2 is 2.24 bits per heavy atom. The number of methoxy groups -OCH3 is 1. The number of hydrogen-bond donors (Lipinski definition) is 1. The zero-order valence-electron chi connectivity index (χ0n) is 12.6. The highest BCUT2D eigenvalue weighted by atomic mass is 16.7. The molecule has 112 valence electrons. The lowest BCUT2D eigenvalue weighted by molar-refractivity contribution is -0.914. The van der Waals surface area contributed by atoms with E-state index >= 15 is 0 Å². The number of aliphatic hydroxyl groups is 1. The molecule has 0 spiro atoms. The van der Waals surface area contributed by atoms with Crippen molar-refractivity contribution in [3.8, 4) is 29.1 Å².